The fraction of sp³-hybridized carbons (Fsp3) is 0.625. The summed E-state index contributed by atoms with van der Waals surface area (Å²) in [7, 11) is 0. The summed E-state index contributed by atoms with van der Waals surface area (Å²) in [6.07, 6.45) is -2.76. The number of pyridine rings is 1. The lowest BCUT2D eigenvalue weighted by atomic mass is 9.97. The van der Waals surface area contributed by atoms with Crippen LogP contribution >= 0.6 is 0 Å². The number of aromatic nitrogens is 1. The average molecular weight is 330 g/mol. The topological polar surface area (TPSA) is 42.4 Å². The van der Waals surface area contributed by atoms with Gasteiger partial charge in [-0.05, 0) is 44.9 Å². The molecule has 0 aromatic carbocycles. The van der Waals surface area contributed by atoms with Crippen LogP contribution < -0.4 is 0 Å². The van der Waals surface area contributed by atoms with Gasteiger partial charge in [-0.25, -0.2) is 4.98 Å². The second-order valence-corrected chi connectivity index (χ2v) is 5.77. The van der Waals surface area contributed by atoms with E-state index in [9.17, 15) is 18.0 Å². The number of hydrogen-bond acceptors (Lipinski definition) is 4. The Kier molecular flexibility index (Phi) is 5.62. The van der Waals surface area contributed by atoms with Crippen LogP contribution in [0.1, 0.15) is 36.7 Å². The molecule has 1 aliphatic rings. The molecule has 0 radical (unpaired) electrons. The van der Waals surface area contributed by atoms with E-state index in [0.29, 0.717) is 25.4 Å². The van der Waals surface area contributed by atoms with E-state index in [0.717, 1.165) is 31.0 Å². The Bertz CT molecular complexity index is 561. The number of likely N-dealkylation sites (tertiary alicyclic amines) is 1. The Balaban J connectivity index is 2.03. The molecule has 23 heavy (non-hydrogen) atoms. The summed E-state index contributed by atoms with van der Waals surface area (Å²) >= 11 is 0. The van der Waals surface area contributed by atoms with Crippen LogP contribution in [0.15, 0.2) is 12.1 Å². The molecule has 1 saturated heterocycles. The number of esters is 1. The minimum atomic E-state index is -4.43. The van der Waals surface area contributed by atoms with Gasteiger partial charge >= 0.3 is 12.1 Å². The molecule has 1 aliphatic heterocycles. The zero-order chi connectivity index (χ0) is 17.0. The minimum absolute atomic E-state index is 0.161. The minimum Gasteiger partial charge on any atom is -0.466 e. The van der Waals surface area contributed by atoms with Crippen molar-refractivity contribution in [3.05, 3.63) is 29.1 Å². The molecule has 0 aliphatic carbocycles. The molecule has 0 spiro atoms. The number of halogens is 3. The number of ether oxygens (including phenoxy) is 1. The van der Waals surface area contributed by atoms with Crippen LogP contribution in [-0.2, 0) is 22.3 Å². The van der Waals surface area contributed by atoms with Crippen LogP contribution in [0.5, 0.6) is 0 Å². The summed E-state index contributed by atoms with van der Waals surface area (Å²) in [5, 5.41) is 0. The third-order valence-electron chi connectivity index (χ3n) is 4.01. The van der Waals surface area contributed by atoms with Gasteiger partial charge in [0.15, 0.2) is 0 Å². The highest BCUT2D eigenvalue weighted by atomic mass is 19.4. The highest BCUT2D eigenvalue weighted by molar-refractivity contribution is 5.72. The quantitative estimate of drug-likeness (QED) is 0.795. The van der Waals surface area contributed by atoms with Crippen molar-refractivity contribution in [2.24, 2.45) is 5.92 Å². The Morgan fingerprint density at radius 1 is 1.43 bits per heavy atom. The first-order valence-electron chi connectivity index (χ1n) is 7.74. The van der Waals surface area contributed by atoms with Crippen molar-refractivity contribution in [1.82, 2.24) is 9.88 Å². The number of hydrogen-bond donors (Lipinski definition) is 0. The Morgan fingerprint density at radius 3 is 2.78 bits per heavy atom. The number of carbonyl (C=O) groups excluding carboxylic acids is 1. The lowest BCUT2D eigenvalue weighted by Crippen LogP contribution is -2.39. The van der Waals surface area contributed by atoms with Crippen molar-refractivity contribution >= 4 is 5.97 Å². The van der Waals surface area contributed by atoms with Gasteiger partial charge in [0.1, 0.15) is 5.69 Å². The first kappa shape index (κ1) is 17.7. The first-order chi connectivity index (χ1) is 10.8. The second kappa shape index (κ2) is 7.29. The summed E-state index contributed by atoms with van der Waals surface area (Å²) in [6.45, 7) is 5.59. The van der Waals surface area contributed by atoms with E-state index in [1.807, 2.05) is 0 Å². The van der Waals surface area contributed by atoms with Gasteiger partial charge in [0.05, 0.1) is 12.5 Å². The maximum Gasteiger partial charge on any atom is 0.433 e. The average Bonchev–Trinajstić information content (AvgIpc) is 2.49. The normalized spacial score (nSPS) is 19.6. The van der Waals surface area contributed by atoms with Gasteiger partial charge in [-0.3, -0.25) is 9.69 Å². The van der Waals surface area contributed by atoms with Crippen molar-refractivity contribution in [2.45, 2.75) is 39.4 Å². The summed E-state index contributed by atoms with van der Waals surface area (Å²) in [6, 6.07) is 2.48. The summed E-state index contributed by atoms with van der Waals surface area (Å²) < 4.78 is 43.0. The molecule has 0 saturated carbocycles. The predicted octanol–water partition coefficient (Wildman–Crippen LogP) is 3.18. The molecule has 0 N–H and O–H groups in total. The summed E-state index contributed by atoms with van der Waals surface area (Å²) in [5.74, 6) is -0.356. The second-order valence-electron chi connectivity index (χ2n) is 5.77. The third-order valence-corrected chi connectivity index (χ3v) is 4.01. The number of piperidine rings is 1. The zero-order valence-electron chi connectivity index (χ0n) is 13.3. The van der Waals surface area contributed by atoms with Gasteiger partial charge in [-0.15, -0.1) is 0 Å². The molecular weight excluding hydrogens is 309 g/mol. The van der Waals surface area contributed by atoms with Crippen LogP contribution in [0.2, 0.25) is 0 Å². The van der Waals surface area contributed by atoms with E-state index in [1.54, 1.807) is 13.8 Å². The van der Waals surface area contributed by atoms with Crippen LogP contribution in [-0.4, -0.2) is 35.5 Å². The van der Waals surface area contributed by atoms with Crippen molar-refractivity contribution in [2.75, 3.05) is 19.7 Å². The molecule has 7 heteroatoms. The molecule has 1 aromatic heterocycles. The van der Waals surface area contributed by atoms with Crippen LogP contribution in [0, 0.1) is 12.8 Å². The van der Waals surface area contributed by atoms with Crippen LogP contribution in [0.3, 0.4) is 0 Å². The molecule has 2 rings (SSSR count). The smallest absolute Gasteiger partial charge is 0.433 e. The van der Waals surface area contributed by atoms with E-state index in [-0.39, 0.29) is 11.9 Å². The SMILES string of the molecule is CCOC(=O)C1CCCN(Cc2ccc(C(F)(F)F)nc2C)C1. The van der Waals surface area contributed by atoms with Gasteiger partial charge in [-0.1, -0.05) is 6.07 Å². The molecule has 2 heterocycles. The molecule has 1 atom stereocenters. The monoisotopic (exact) mass is 330 g/mol. The van der Waals surface area contributed by atoms with E-state index in [1.165, 1.54) is 6.07 Å². The van der Waals surface area contributed by atoms with E-state index >= 15 is 0 Å². The van der Waals surface area contributed by atoms with Crippen LogP contribution in [0.4, 0.5) is 13.2 Å². The molecule has 1 unspecified atom stereocenters. The molecule has 1 aromatic rings. The maximum atomic E-state index is 12.6. The number of alkyl halides is 3. The van der Waals surface area contributed by atoms with Crippen molar-refractivity contribution < 1.29 is 22.7 Å². The lowest BCUT2D eigenvalue weighted by Gasteiger charge is -2.31. The molecule has 1 fully saturated rings. The highest BCUT2D eigenvalue weighted by Crippen LogP contribution is 2.28. The van der Waals surface area contributed by atoms with Gasteiger partial charge in [-0.2, -0.15) is 13.2 Å². The van der Waals surface area contributed by atoms with Gasteiger partial charge < -0.3 is 4.74 Å². The maximum absolute atomic E-state index is 12.6. The number of nitrogens with zero attached hydrogens (tertiary/aromatic N) is 2. The van der Waals surface area contributed by atoms with Gasteiger partial charge in [0.2, 0.25) is 0 Å². The predicted molar refractivity (Wildman–Crippen MR) is 78.6 cm³/mol. The van der Waals surface area contributed by atoms with E-state index < -0.39 is 11.9 Å². The van der Waals surface area contributed by atoms with Crippen molar-refractivity contribution in [3.8, 4) is 0 Å². The number of rotatable bonds is 4. The summed E-state index contributed by atoms with van der Waals surface area (Å²) in [5.41, 5.74) is 0.252. The molecule has 128 valence electrons. The molecule has 4 nitrogen and oxygen atoms in total. The fourth-order valence-electron chi connectivity index (χ4n) is 2.81. The molecular formula is C16H21F3N2O2. The lowest BCUT2D eigenvalue weighted by molar-refractivity contribution is -0.150. The van der Waals surface area contributed by atoms with E-state index in [2.05, 4.69) is 9.88 Å². The Labute approximate surface area is 133 Å². The summed E-state index contributed by atoms with van der Waals surface area (Å²) in [4.78, 5) is 17.6. The van der Waals surface area contributed by atoms with Crippen molar-refractivity contribution in [1.29, 1.82) is 0 Å². The van der Waals surface area contributed by atoms with Gasteiger partial charge in [0, 0.05) is 18.8 Å². The number of carbonyl (C=O) groups is 1. The third kappa shape index (κ3) is 4.67. The highest BCUT2D eigenvalue weighted by Gasteiger charge is 2.33. The fourth-order valence-corrected chi connectivity index (χ4v) is 2.81. The van der Waals surface area contributed by atoms with Crippen LogP contribution in [0.25, 0.3) is 0 Å². The first-order valence-corrected chi connectivity index (χ1v) is 7.74. The van der Waals surface area contributed by atoms with Gasteiger partial charge in [0.25, 0.3) is 0 Å². The largest absolute Gasteiger partial charge is 0.466 e. The standard InChI is InChI=1S/C16H21F3N2O2/c1-3-23-15(22)13-5-4-8-21(10-13)9-12-6-7-14(16(17,18)19)20-11(12)2/h6-7,13H,3-5,8-10H2,1-2H3. The Hall–Kier alpha value is -1.63. The molecule has 0 bridgehead atoms. The number of aryl methyl sites for hydroxylation is 1. The van der Waals surface area contributed by atoms with Crippen molar-refractivity contribution in [3.63, 3.8) is 0 Å². The molecule has 0 amide bonds. The van der Waals surface area contributed by atoms with E-state index in [4.69, 9.17) is 4.74 Å². The Morgan fingerprint density at radius 2 is 2.17 bits per heavy atom. The zero-order valence-corrected chi connectivity index (χ0v) is 13.3.